The Morgan fingerprint density at radius 1 is 0.692 bits per heavy atom. The van der Waals surface area contributed by atoms with Crippen LogP contribution in [0.15, 0.2) is 0 Å². The Labute approximate surface area is 241 Å². The van der Waals surface area contributed by atoms with E-state index in [1.54, 1.807) is 13.8 Å². The molecule has 11 heteroatoms. The molecule has 0 saturated heterocycles. The number of anilines is 2. The van der Waals surface area contributed by atoms with Gasteiger partial charge in [-0.3, -0.25) is 9.59 Å². The van der Waals surface area contributed by atoms with Crippen molar-refractivity contribution in [3.05, 3.63) is 32.0 Å². The van der Waals surface area contributed by atoms with E-state index in [1.165, 1.54) is 34.4 Å². The molecule has 0 unspecified atom stereocenters. The zero-order valence-electron chi connectivity index (χ0n) is 22.6. The molecule has 2 aliphatic carbocycles. The van der Waals surface area contributed by atoms with Gasteiger partial charge in [-0.05, 0) is 76.3 Å². The lowest BCUT2D eigenvalue weighted by molar-refractivity contribution is -0.116. The van der Waals surface area contributed by atoms with E-state index in [0.717, 1.165) is 72.2 Å². The van der Waals surface area contributed by atoms with Crippen LogP contribution in [0.4, 0.5) is 10.0 Å². The Morgan fingerprint density at radius 3 is 1.51 bits per heavy atom. The molecule has 8 nitrogen and oxygen atoms in total. The second-order valence-corrected chi connectivity index (χ2v) is 12.9. The fourth-order valence-corrected chi connectivity index (χ4v) is 8.41. The molecule has 0 aliphatic heterocycles. The molecule has 0 radical (unpaired) electrons. The van der Waals surface area contributed by atoms with Crippen molar-refractivity contribution in [2.24, 2.45) is 0 Å². The summed E-state index contributed by atoms with van der Waals surface area (Å²) in [5.74, 6) is 0.0648. The minimum absolute atomic E-state index is 0.153. The SMILES string of the molecule is CCOC(=O)c1c(NC(=O)CCSCCC(=O)Nc2sc3c(c2C(=O)OCC)CCCC3)sc2c1CCCC2. The maximum Gasteiger partial charge on any atom is 0.341 e. The summed E-state index contributed by atoms with van der Waals surface area (Å²) in [4.78, 5) is 52.8. The molecule has 2 aliphatic rings. The van der Waals surface area contributed by atoms with Gasteiger partial charge in [0.05, 0.1) is 24.3 Å². The highest BCUT2D eigenvalue weighted by Crippen LogP contribution is 2.40. The van der Waals surface area contributed by atoms with Gasteiger partial charge in [0, 0.05) is 34.1 Å². The van der Waals surface area contributed by atoms with Crippen LogP contribution in [-0.4, -0.2) is 48.5 Å². The van der Waals surface area contributed by atoms with Crippen molar-refractivity contribution in [2.75, 3.05) is 35.4 Å². The average molecular weight is 593 g/mol. The largest absolute Gasteiger partial charge is 0.462 e. The summed E-state index contributed by atoms with van der Waals surface area (Å²) in [6.45, 7) is 4.14. The molecule has 2 aromatic heterocycles. The van der Waals surface area contributed by atoms with Crippen molar-refractivity contribution in [2.45, 2.75) is 78.1 Å². The molecule has 0 bridgehead atoms. The summed E-state index contributed by atoms with van der Waals surface area (Å²) in [5.41, 5.74) is 3.09. The number of thioether (sulfide) groups is 1. The fraction of sp³-hybridized carbons (Fsp3) is 0.571. The van der Waals surface area contributed by atoms with Gasteiger partial charge in [-0.1, -0.05) is 0 Å². The van der Waals surface area contributed by atoms with Crippen molar-refractivity contribution in [3.8, 4) is 0 Å². The number of esters is 2. The predicted octanol–water partition coefficient (Wildman–Crippen LogP) is 6.01. The lowest BCUT2D eigenvalue weighted by Crippen LogP contribution is -2.17. The lowest BCUT2D eigenvalue weighted by Gasteiger charge is -2.12. The molecular formula is C28H36N2O6S3. The highest BCUT2D eigenvalue weighted by atomic mass is 32.2. The number of thiophene rings is 2. The van der Waals surface area contributed by atoms with E-state index in [4.69, 9.17) is 9.47 Å². The van der Waals surface area contributed by atoms with E-state index in [1.807, 2.05) is 0 Å². The summed E-state index contributed by atoms with van der Waals surface area (Å²) in [6, 6.07) is 0. The molecule has 0 atom stereocenters. The van der Waals surface area contributed by atoms with Crippen LogP contribution in [0.1, 0.15) is 94.0 Å². The van der Waals surface area contributed by atoms with Crippen molar-refractivity contribution < 1.29 is 28.7 Å². The minimum Gasteiger partial charge on any atom is -0.462 e. The molecule has 212 valence electrons. The van der Waals surface area contributed by atoms with Gasteiger partial charge in [-0.25, -0.2) is 9.59 Å². The molecule has 0 fully saturated rings. The van der Waals surface area contributed by atoms with E-state index in [9.17, 15) is 19.2 Å². The zero-order valence-corrected chi connectivity index (χ0v) is 25.0. The van der Waals surface area contributed by atoms with Gasteiger partial charge < -0.3 is 20.1 Å². The van der Waals surface area contributed by atoms with Crippen molar-refractivity contribution >= 4 is 68.2 Å². The number of rotatable bonds is 12. The number of amides is 2. The van der Waals surface area contributed by atoms with Crippen LogP contribution < -0.4 is 10.6 Å². The first-order valence-electron chi connectivity index (χ1n) is 13.7. The molecular weight excluding hydrogens is 557 g/mol. The van der Waals surface area contributed by atoms with E-state index >= 15 is 0 Å². The molecule has 0 spiro atoms. The highest BCUT2D eigenvalue weighted by molar-refractivity contribution is 7.99. The number of nitrogens with one attached hydrogen (secondary N) is 2. The monoisotopic (exact) mass is 592 g/mol. The Hall–Kier alpha value is -2.37. The molecule has 2 heterocycles. The zero-order chi connectivity index (χ0) is 27.8. The quantitative estimate of drug-likeness (QED) is 0.229. The van der Waals surface area contributed by atoms with E-state index < -0.39 is 0 Å². The summed E-state index contributed by atoms with van der Waals surface area (Å²) in [5, 5.41) is 7.05. The number of hydrogen-bond donors (Lipinski definition) is 2. The number of hydrogen-bond acceptors (Lipinski definition) is 9. The minimum atomic E-state index is -0.370. The predicted molar refractivity (Wildman–Crippen MR) is 158 cm³/mol. The second-order valence-electron chi connectivity index (χ2n) is 9.48. The average Bonchev–Trinajstić information content (AvgIpc) is 3.46. The Bertz CT molecular complexity index is 1130. The van der Waals surface area contributed by atoms with Crippen molar-refractivity contribution in [1.82, 2.24) is 0 Å². The maximum absolute atomic E-state index is 12.7. The first-order valence-corrected chi connectivity index (χ1v) is 16.5. The molecule has 4 rings (SSSR count). The topological polar surface area (TPSA) is 111 Å². The van der Waals surface area contributed by atoms with Gasteiger partial charge in [-0.15, -0.1) is 22.7 Å². The second kappa shape index (κ2) is 14.3. The first-order chi connectivity index (χ1) is 18.9. The molecule has 2 N–H and O–H groups in total. The third-order valence-corrected chi connectivity index (χ3v) is 10.2. The molecule has 2 aromatic rings. The highest BCUT2D eigenvalue weighted by Gasteiger charge is 2.28. The van der Waals surface area contributed by atoms with Crippen molar-refractivity contribution in [1.29, 1.82) is 0 Å². The van der Waals surface area contributed by atoms with Gasteiger partial charge in [-0.2, -0.15) is 11.8 Å². The molecule has 0 saturated carbocycles. The normalized spacial score (nSPS) is 14.2. The first kappa shape index (κ1) is 29.6. The maximum atomic E-state index is 12.7. The summed E-state index contributed by atoms with van der Waals surface area (Å²) < 4.78 is 10.5. The lowest BCUT2D eigenvalue weighted by atomic mass is 9.95. The van der Waals surface area contributed by atoms with Gasteiger partial charge >= 0.3 is 11.9 Å². The molecule has 2 amide bonds. The number of ether oxygens (including phenoxy) is 2. The third-order valence-electron chi connectivity index (χ3n) is 6.75. The standard InChI is InChI=1S/C28H36N2O6S3/c1-3-35-27(33)23-17-9-5-7-11-19(17)38-25(23)29-21(31)13-15-37-16-14-22(32)30-26-24(28(34)36-4-2)18-10-6-8-12-20(18)39-26/h3-16H2,1-2H3,(H,29,31)(H,30,32). The Kier molecular flexibility index (Phi) is 10.9. The Morgan fingerprint density at radius 2 is 1.10 bits per heavy atom. The van der Waals surface area contributed by atoms with E-state index in [2.05, 4.69) is 10.6 Å². The van der Waals surface area contributed by atoms with Gasteiger partial charge in [0.25, 0.3) is 0 Å². The van der Waals surface area contributed by atoms with Crippen LogP contribution in [0, 0.1) is 0 Å². The van der Waals surface area contributed by atoms with Crippen LogP contribution in [0.2, 0.25) is 0 Å². The van der Waals surface area contributed by atoms with Crippen molar-refractivity contribution in [3.63, 3.8) is 0 Å². The van der Waals surface area contributed by atoms with Gasteiger partial charge in [0.15, 0.2) is 0 Å². The summed E-state index contributed by atoms with van der Waals surface area (Å²) >= 11 is 4.49. The van der Waals surface area contributed by atoms with Crippen LogP contribution in [0.3, 0.4) is 0 Å². The fourth-order valence-electron chi connectivity index (χ4n) is 4.96. The van der Waals surface area contributed by atoms with Gasteiger partial charge in [0.1, 0.15) is 10.0 Å². The molecule has 39 heavy (non-hydrogen) atoms. The molecule has 0 aromatic carbocycles. The van der Waals surface area contributed by atoms with E-state index in [-0.39, 0.29) is 36.6 Å². The number of carbonyl (C=O) groups is 4. The van der Waals surface area contributed by atoms with Crippen LogP contribution >= 0.6 is 34.4 Å². The van der Waals surface area contributed by atoms with Crippen LogP contribution in [0.25, 0.3) is 0 Å². The van der Waals surface area contributed by atoms with Gasteiger partial charge in [0.2, 0.25) is 11.8 Å². The number of fused-ring (bicyclic) bond motifs is 2. The Balaban J connectivity index is 1.25. The number of carbonyl (C=O) groups excluding carboxylic acids is 4. The van der Waals surface area contributed by atoms with Crippen LogP contribution in [0.5, 0.6) is 0 Å². The summed E-state index contributed by atoms with van der Waals surface area (Å²) in [6.07, 6.45) is 8.33. The third kappa shape index (κ3) is 7.43. The summed E-state index contributed by atoms with van der Waals surface area (Å²) in [7, 11) is 0. The number of aryl methyl sites for hydroxylation is 2. The van der Waals surface area contributed by atoms with Crippen LogP contribution in [-0.2, 0) is 44.7 Å². The van der Waals surface area contributed by atoms with E-state index in [0.29, 0.717) is 45.8 Å². The smallest absolute Gasteiger partial charge is 0.341 e.